The highest BCUT2D eigenvalue weighted by atomic mass is 32.2. The minimum atomic E-state index is -3.84. The molecular weight excluding hydrogens is 258 g/mol. The Bertz CT molecular complexity index is 477. The lowest BCUT2D eigenvalue weighted by molar-refractivity contribution is 0.105. The van der Waals surface area contributed by atoms with Gasteiger partial charge >= 0.3 is 0 Å². The molecule has 8 heteroatoms. The first kappa shape index (κ1) is 15.1. The van der Waals surface area contributed by atoms with Crippen LogP contribution >= 0.6 is 0 Å². The Kier molecular flexibility index (Phi) is 4.49. The maximum absolute atomic E-state index is 12.2. The van der Waals surface area contributed by atoms with Crippen LogP contribution in [-0.2, 0) is 10.0 Å². The number of rotatable bonds is 6. The molecule has 1 aromatic heterocycles. The molecule has 0 fully saturated rings. The fraction of sp³-hybridized carbons (Fsp3) is 0.700. The Morgan fingerprint density at radius 2 is 1.89 bits per heavy atom. The molecule has 0 aliphatic heterocycles. The van der Waals surface area contributed by atoms with Gasteiger partial charge in [-0.25, -0.2) is 13.1 Å². The summed E-state index contributed by atoms with van der Waals surface area (Å²) >= 11 is 0. The van der Waals surface area contributed by atoms with Crippen molar-refractivity contribution in [3.05, 3.63) is 11.4 Å². The highest BCUT2D eigenvalue weighted by Crippen LogP contribution is 2.20. The van der Waals surface area contributed by atoms with Crippen LogP contribution in [0, 0.1) is 13.8 Å². The van der Waals surface area contributed by atoms with Crippen LogP contribution in [0.2, 0.25) is 0 Å². The summed E-state index contributed by atoms with van der Waals surface area (Å²) in [6.45, 7) is 3.90. The fourth-order valence-electron chi connectivity index (χ4n) is 1.68. The summed E-state index contributed by atoms with van der Waals surface area (Å²) in [6.07, 6.45) is 0.273. The summed E-state index contributed by atoms with van der Waals surface area (Å²) in [5.74, 6) is 0. The van der Waals surface area contributed by atoms with Crippen molar-refractivity contribution < 1.29 is 18.6 Å². The van der Waals surface area contributed by atoms with Crippen molar-refractivity contribution in [3.63, 3.8) is 0 Å². The molecule has 1 aromatic rings. The zero-order chi connectivity index (χ0) is 14.0. The van der Waals surface area contributed by atoms with E-state index in [1.54, 1.807) is 20.8 Å². The maximum Gasteiger partial charge on any atom is 0.244 e. The summed E-state index contributed by atoms with van der Waals surface area (Å²) in [6, 6.07) is 0. The van der Waals surface area contributed by atoms with Gasteiger partial charge in [-0.15, -0.1) is 0 Å². The van der Waals surface area contributed by atoms with E-state index in [0.29, 0.717) is 11.4 Å². The molecule has 0 spiro atoms. The monoisotopic (exact) mass is 277 g/mol. The first-order chi connectivity index (χ1) is 8.32. The van der Waals surface area contributed by atoms with E-state index in [1.165, 1.54) is 0 Å². The van der Waals surface area contributed by atoms with Gasteiger partial charge in [0.05, 0.1) is 30.1 Å². The second kappa shape index (κ2) is 5.35. The van der Waals surface area contributed by atoms with Gasteiger partial charge in [0.1, 0.15) is 4.90 Å². The molecule has 0 amide bonds. The predicted molar refractivity (Wildman–Crippen MR) is 65.6 cm³/mol. The SMILES string of the molecule is CCC(CO)(CO)NS(=O)(=O)c1c(C)n[nH]c1C. The topological polar surface area (TPSA) is 115 Å². The van der Waals surface area contributed by atoms with Crippen LogP contribution in [0.25, 0.3) is 0 Å². The van der Waals surface area contributed by atoms with Gasteiger partial charge in [-0.05, 0) is 20.3 Å². The Morgan fingerprint density at radius 3 is 2.22 bits per heavy atom. The molecule has 0 aromatic carbocycles. The van der Waals surface area contributed by atoms with Gasteiger partial charge in [0.15, 0.2) is 0 Å². The fourth-order valence-corrected chi connectivity index (χ4v) is 3.51. The summed E-state index contributed by atoms with van der Waals surface area (Å²) in [5.41, 5.74) is -0.489. The number of aliphatic hydroxyl groups excluding tert-OH is 2. The smallest absolute Gasteiger partial charge is 0.244 e. The number of aromatic amines is 1. The van der Waals surface area contributed by atoms with Crippen LogP contribution in [0.3, 0.4) is 0 Å². The molecule has 7 nitrogen and oxygen atoms in total. The van der Waals surface area contributed by atoms with Gasteiger partial charge in [0, 0.05) is 0 Å². The van der Waals surface area contributed by atoms with E-state index >= 15 is 0 Å². The zero-order valence-electron chi connectivity index (χ0n) is 10.7. The van der Waals surface area contributed by atoms with Gasteiger partial charge in [0.25, 0.3) is 0 Å². The van der Waals surface area contributed by atoms with E-state index in [0.717, 1.165) is 0 Å². The molecule has 0 bridgehead atoms. The maximum atomic E-state index is 12.2. The molecule has 4 N–H and O–H groups in total. The van der Waals surface area contributed by atoms with E-state index in [1.807, 2.05) is 0 Å². The van der Waals surface area contributed by atoms with Crippen molar-refractivity contribution in [2.75, 3.05) is 13.2 Å². The summed E-state index contributed by atoms with van der Waals surface area (Å²) in [5, 5.41) is 24.9. The van der Waals surface area contributed by atoms with E-state index in [9.17, 15) is 18.6 Å². The standard InChI is InChI=1S/C10H19N3O4S/c1-4-10(5-14,6-15)13-18(16,17)9-7(2)11-12-8(9)3/h13-15H,4-6H2,1-3H3,(H,11,12). The Balaban J connectivity index is 3.17. The Morgan fingerprint density at radius 1 is 1.33 bits per heavy atom. The lowest BCUT2D eigenvalue weighted by Gasteiger charge is -2.29. The molecule has 0 unspecified atom stereocenters. The second-order valence-corrected chi connectivity index (χ2v) is 5.94. The normalized spacial score (nSPS) is 12.9. The van der Waals surface area contributed by atoms with Crippen molar-refractivity contribution >= 4 is 10.0 Å². The van der Waals surface area contributed by atoms with Crippen LogP contribution in [0.1, 0.15) is 24.7 Å². The van der Waals surface area contributed by atoms with Crippen LogP contribution in [0.15, 0.2) is 4.90 Å². The van der Waals surface area contributed by atoms with E-state index in [4.69, 9.17) is 0 Å². The lowest BCUT2D eigenvalue weighted by Crippen LogP contribution is -2.53. The Labute approximate surface area is 106 Å². The van der Waals surface area contributed by atoms with Crippen molar-refractivity contribution in [2.45, 2.75) is 37.6 Å². The van der Waals surface area contributed by atoms with Gasteiger partial charge < -0.3 is 10.2 Å². The molecular formula is C10H19N3O4S. The number of nitrogens with zero attached hydrogens (tertiary/aromatic N) is 1. The largest absolute Gasteiger partial charge is 0.394 e. The molecule has 0 saturated carbocycles. The van der Waals surface area contributed by atoms with Crippen LogP contribution in [-0.4, -0.2) is 47.6 Å². The summed E-state index contributed by atoms with van der Waals surface area (Å²) in [7, 11) is -3.84. The molecule has 1 rings (SSSR count). The minimum Gasteiger partial charge on any atom is -0.394 e. The number of aromatic nitrogens is 2. The number of hydrogen-bond acceptors (Lipinski definition) is 5. The van der Waals surface area contributed by atoms with Crippen LogP contribution in [0.5, 0.6) is 0 Å². The number of aryl methyl sites for hydroxylation is 2. The van der Waals surface area contributed by atoms with Crippen molar-refractivity contribution in [1.29, 1.82) is 0 Å². The lowest BCUT2D eigenvalue weighted by atomic mass is 10.0. The van der Waals surface area contributed by atoms with Crippen molar-refractivity contribution in [1.82, 2.24) is 14.9 Å². The molecule has 0 aliphatic carbocycles. The minimum absolute atomic E-state index is 0.0576. The molecule has 0 radical (unpaired) electrons. The average molecular weight is 277 g/mol. The average Bonchev–Trinajstić information content (AvgIpc) is 2.67. The summed E-state index contributed by atoms with van der Waals surface area (Å²) in [4.78, 5) is 0.0576. The number of H-pyrrole nitrogens is 1. The first-order valence-corrected chi connectivity index (χ1v) is 7.07. The third kappa shape index (κ3) is 2.72. The number of sulfonamides is 1. The van der Waals surface area contributed by atoms with Gasteiger partial charge in [-0.3, -0.25) is 5.10 Å². The van der Waals surface area contributed by atoms with Crippen molar-refractivity contribution in [2.24, 2.45) is 0 Å². The second-order valence-electron chi connectivity index (χ2n) is 4.32. The number of hydrogen-bond donors (Lipinski definition) is 4. The van der Waals surface area contributed by atoms with Gasteiger partial charge in [-0.2, -0.15) is 5.10 Å². The van der Waals surface area contributed by atoms with E-state index in [-0.39, 0.29) is 11.3 Å². The third-order valence-electron chi connectivity index (χ3n) is 2.96. The van der Waals surface area contributed by atoms with Crippen LogP contribution < -0.4 is 4.72 Å². The molecule has 104 valence electrons. The van der Waals surface area contributed by atoms with Gasteiger partial charge in [0.2, 0.25) is 10.0 Å². The highest BCUT2D eigenvalue weighted by molar-refractivity contribution is 7.89. The molecule has 0 saturated heterocycles. The highest BCUT2D eigenvalue weighted by Gasteiger charge is 2.34. The van der Waals surface area contributed by atoms with Crippen molar-refractivity contribution in [3.8, 4) is 0 Å². The number of nitrogens with one attached hydrogen (secondary N) is 2. The van der Waals surface area contributed by atoms with E-state index < -0.39 is 28.8 Å². The predicted octanol–water partition coefficient (Wildman–Crippen LogP) is -0.562. The molecule has 18 heavy (non-hydrogen) atoms. The van der Waals surface area contributed by atoms with E-state index in [2.05, 4.69) is 14.9 Å². The van der Waals surface area contributed by atoms with Crippen LogP contribution in [0.4, 0.5) is 0 Å². The molecule has 0 atom stereocenters. The first-order valence-electron chi connectivity index (χ1n) is 5.59. The summed E-state index contributed by atoms with van der Waals surface area (Å²) < 4.78 is 26.8. The quantitative estimate of drug-likeness (QED) is 0.556. The zero-order valence-corrected chi connectivity index (χ0v) is 11.5. The Hall–Kier alpha value is -0.960. The number of aliphatic hydroxyl groups is 2. The third-order valence-corrected chi connectivity index (χ3v) is 4.80. The molecule has 1 heterocycles. The molecule has 0 aliphatic rings. The van der Waals surface area contributed by atoms with Gasteiger partial charge in [-0.1, -0.05) is 6.92 Å².